The molecule has 1 heterocycles. The minimum atomic E-state index is -2.32. The molecule has 0 amide bonds. The van der Waals surface area contributed by atoms with Gasteiger partial charge in [0.1, 0.15) is 0 Å². The summed E-state index contributed by atoms with van der Waals surface area (Å²) >= 11 is 12.1. The van der Waals surface area contributed by atoms with Crippen molar-refractivity contribution in [2.45, 2.75) is 11.9 Å². The van der Waals surface area contributed by atoms with Crippen molar-refractivity contribution in [2.24, 2.45) is 10.9 Å². The van der Waals surface area contributed by atoms with E-state index < -0.39 is 29.7 Å². The number of rotatable bonds is 4. The molecular formula is C13H13Cl2NO6. The van der Waals surface area contributed by atoms with Crippen LogP contribution in [-0.2, 0) is 19.9 Å². The van der Waals surface area contributed by atoms with Gasteiger partial charge in [0, 0.05) is 19.8 Å². The highest BCUT2D eigenvalue weighted by atomic mass is 35.5. The molecule has 1 aromatic rings. The first-order valence-electron chi connectivity index (χ1n) is 6.05. The summed E-state index contributed by atoms with van der Waals surface area (Å²) in [7, 11) is 2.43. The van der Waals surface area contributed by atoms with Gasteiger partial charge < -0.3 is 24.8 Å². The maximum Gasteiger partial charge on any atom is 0.319 e. The Bertz CT molecular complexity index is 646. The van der Waals surface area contributed by atoms with Gasteiger partial charge in [-0.25, -0.2) is 4.99 Å². The van der Waals surface area contributed by atoms with Gasteiger partial charge in [-0.05, 0) is 12.1 Å². The number of hydrogen-bond donors (Lipinski definition) is 3. The van der Waals surface area contributed by atoms with Crippen LogP contribution in [0.2, 0.25) is 10.0 Å². The third-order valence-electron chi connectivity index (χ3n) is 3.44. The number of aliphatic imine (C=N–C) groups is 1. The lowest BCUT2D eigenvalue weighted by atomic mass is 9.77. The molecule has 120 valence electrons. The van der Waals surface area contributed by atoms with Crippen LogP contribution < -0.4 is 0 Å². The third-order valence-corrected chi connectivity index (χ3v) is 4.25. The molecule has 3 N–H and O–H groups in total. The molecule has 2 rings (SSSR count). The average Bonchev–Trinajstić information content (AvgIpc) is 2.43. The molecule has 0 saturated carbocycles. The van der Waals surface area contributed by atoms with Crippen LogP contribution in [0, 0.1) is 5.92 Å². The predicted octanol–water partition coefficient (Wildman–Crippen LogP) is 2.10. The van der Waals surface area contributed by atoms with E-state index in [1.165, 1.54) is 26.4 Å². The van der Waals surface area contributed by atoms with Crippen LogP contribution in [-0.4, -0.2) is 47.7 Å². The number of halogens is 2. The van der Waals surface area contributed by atoms with E-state index in [0.29, 0.717) is 0 Å². The van der Waals surface area contributed by atoms with E-state index in [1.54, 1.807) is 0 Å². The van der Waals surface area contributed by atoms with E-state index in [9.17, 15) is 20.1 Å². The van der Waals surface area contributed by atoms with E-state index in [0.717, 1.165) is 0 Å². The Morgan fingerprint density at radius 2 is 1.95 bits per heavy atom. The molecule has 7 nitrogen and oxygen atoms in total. The van der Waals surface area contributed by atoms with Crippen molar-refractivity contribution >= 4 is 40.8 Å². The molecule has 0 bridgehead atoms. The second-order valence-electron chi connectivity index (χ2n) is 4.63. The van der Waals surface area contributed by atoms with Crippen molar-refractivity contribution in [2.75, 3.05) is 14.2 Å². The van der Waals surface area contributed by atoms with Gasteiger partial charge in [-0.2, -0.15) is 0 Å². The van der Waals surface area contributed by atoms with Gasteiger partial charge in [0.2, 0.25) is 5.90 Å². The van der Waals surface area contributed by atoms with Crippen molar-refractivity contribution in [3.05, 3.63) is 27.7 Å². The number of carbonyl (C=O) groups is 1. The molecule has 2 atom stereocenters. The van der Waals surface area contributed by atoms with Crippen molar-refractivity contribution in [3.63, 3.8) is 0 Å². The van der Waals surface area contributed by atoms with Crippen molar-refractivity contribution < 1.29 is 29.6 Å². The van der Waals surface area contributed by atoms with Gasteiger partial charge in [0.05, 0.1) is 15.7 Å². The van der Waals surface area contributed by atoms with E-state index in [2.05, 4.69) is 4.99 Å². The topological polar surface area (TPSA) is 109 Å². The van der Waals surface area contributed by atoms with Gasteiger partial charge in [-0.1, -0.05) is 23.2 Å². The summed E-state index contributed by atoms with van der Waals surface area (Å²) in [4.78, 5) is 15.3. The first-order chi connectivity index (χ1) is 10.3. The Hall–Kier alpha value is -1.38. The van der Waals surface area contributed by atoms with Gasteiger partial charge >= 0.3 is 5.97 Å². The van der Waals surface area contributed by atoms with Crippen molar-refractivity contribution in [1.82, 2.24) is 0 Å². The zero-order chi connectivity index (χ0) is 16.7. The number of methoxy groups -OCH3 is 2. The summed E-state index contributed by atoms with van der Waals surface area (Å²) in [6, 6.07) is 2.81. The summed E-state index contributed by atoms with van der Waals surface area (Å²) < 4.78 is 10.0. The van der Waals surface area contributed by atoms with Gasteiger partial charge in [-0.15, -0.1) is 0 Å². The molecule has 0 aliphatic carbocycles. The number of aliphatic hydroxyl groups excluding tert-OH is 1. The SMILES string of the molecule is COC(OC)C1(O)c2c(ccc(Cl)c2Cl)N=C(O)C1C(=O)O. The molecule has 0 saturated heterocycles. The Balaban J connectivity index is 2.84. The fraction of sp³-hybridized carbons (Fsp3) is 0.385. The Kier molecular flexibility index (Phi) is 4.65. The minimum absolute atomic E-state index is 0.0750. The van der Waals surface area contributed by atoms with Gasteiger partial charge in [0.25, 0.3) is 0 Å². The fourth-order valence-corrected chi connectivity index (χ4v) is 3.02. The number of ether oxygens (including phenoxy) is 2. The normalized spacial score (nSPS) is 24.1. The minimum Gasteiger partial charge on any atom is -0.496 e. The standard InChI is InChI=1S/C13H13Cl2NO6/c1-21-12(22-2)13(20)7-6(4-3-5(14)9(7)15)16-10(17)8(13)11(18)19/h3-4,8,12,20H,1-2H3,(H,16,17)(H,18,19). The van der Waals surface area contributed by atoms with Crippen LogP contribution in [0.1, 0.15) is 5.56 Å². The highest BCUT2D eigenvalue weighted by molar-refractivity contribution is 6.43. The first-order valence-corrected chi connectivity index (χ1v) is 6.81. The van der Waals surface area contributed by atoms with Gasteiger partial charge in [0.15, 0.2) is 17.8 Å². The summed E-state index contributed by atoms with van der Waals surface area (Å²) in [6.07, 6.45) is -1.43. The molecular weight excluding hydrogens is 337 g/mol. The van der Waals surface area contributed by atoms with Crippen LogP contribution in [0.15, 0.2) is 17.1 Å². The molecule has 0 radical (unpaired) electrons. The summed E-state index contributed by atoms with van der Waals surface area (Å²) in [5, 5.41) is 30.4. The van der Waals surface area contributed by atoms with Crippen LogP contribution in [0.4, 0.5) is 5.69 Å². The fourth-order valence-electron chi connectivity index (χ4n) is 2.55. The Morgan fingerprint density at radius 3 is 2.45 bits per heavy atom. The number of benzene rings is 1. The molecule has 0 spiro atoms. The molecule has 0 fully saturated rings. The molecule has 1 aliphatic heterocycles. The number of aliphatic hydroxyl groups is 2. The maximum atomic E-state index is 11.5. The molecule has 2 unspecified atom stereocenters. The lowest BCUT2D eigenvalue weighted by Crippen LogP contribution is -2.55. The quantitative estimate of drug-likeness (QED) is 0.718. The van der Waals surface area contributed by atoms with Crippen LogP contribution in [0.3, 0.4) is 0 Å². The number of hydrogen-bond acceptors (Lipinski definition) is 5. The average molecular weight is 350 g/mol. The zero-order valence-corrected chi connectivity index (χ0v) is 13.1. The maximum absolute atomic E-state index is 11.5. The highest BCUT2D eigenvalue weighted by Gasteiger charge is 2.57. The van der Waals surface area contributed by atoms with E-state index >= 15 is 0 Å². The molecule has 1 aromatic carbocycles. The smallest absolute Gasteiger partial charge is 0.319 e. The van der Waals surface area contributed by atoms with Crippen LogP contribution >= 0.6 is 23.2 Å². The van der Waals surface area contributed by atoms with E-state index in [-0.39, 0.29) is 21.3 Å². The summed E-state index contributed by atoms with van der Waals surface area (Å²) in [6.45, 7) is 0. The highest BCUT2D eigenvalue weighted by Crippen LogP contribution is 2.49. The number of carboxylic acids is 1. The first kappa shape index (κ1) is 17.0. The van der Waals surface area contributed by atoms with E-state index in [1.807, 2.05) is 0 Å². The van der Waals surface area contributed by atoms with Crippen LogP contribution in [0.5, 0.6) is 0 Å². The largest absolute Gasteiger partial charge is 0.496 e. The molecule has 1 aliphatic rings. The number of nitrogens with zero attached hydrogens (tertiary/aromatic N) is 1. The monoisotopic (exact) mass is 349 g/mol. The lowest BCUT2D eigenvalue weighted by molar-refractivity contribution is -0.236. The van der Waals surface area contributed by atoms with Gasteiger partial charge in [-0.3, -0.25) is 4.79 Å². The lowest BCUT2D eigenvalue weighted by Gasteiger charge is -2.41. The number of carboxylic acid groups (broad SMARTS) is 1. The van der Waals surface area contributed by atoms with Crippen molar-refractivity contribution in [1.29, 1.82) is 0 Å². The second kappa shape index (κ2) is 6.02. The predicted molar refractivity (Wildman–Crippen MR) is 79.0 cm³/mol. The molecule has 22 heavy (non-hydrogen) atoms. The van der Waals surface area contributed by atoms with E-state index in [4.69, 9.17) is 32.7 Å². The summed E-state index contributed by atoms with van der Waals surface area (Å²) in [5.74, 6) is -4.15. The molecule has 0 aromatic heterocycles. The van der Waals surface area contributed by atoms with Crippen molar-refractivity contribution in [3.8, 4) is 0 Å². The zero-order valence-electron chi connectivity index (χ0n) is 11.6. The van der Waals surface area contributed by atoms with Crippen LogP contribution in [0.25, 0.3) is 0 Å². The third kappa shape index (κ3) is 2.35. The second-order valence-corrected chi connectivity index (χ2v) is 5.41. The molecule has 9 heteroatoms. The number of fused-ring (bicyclic) bond motifs is 1. The summed E-state index contributed by atoms with van der Waals surface area (Å²) in [5.41, 5.74) is -2.33. The Labute approximate surface area is 135 Å². The Morgan fingerprint density at radius 1 is 1.36 bits per heavy atom. The number of aliphatic carboxylic acids is 1.